The highest BCUT2D eigenvalue weighted by Crippen LogP contribution is 2.25. The molecule has 138 valence electrons. The lowest BCUT2D eigenvalue weighted by molar-refractivity contribution is -0.132. The fraction of sp³-hybridized carbons (Fsp3) is 0.524. The van der Waals surface area contributed by atoms with Crippen molar-refractivity contribution in [3.05, 3.63) is 36.5 Å². The van der Waals surface area contributed by atoms with Gasteiger partial charge >= 0.3 is 0 Å². The number of hydrogen-bond donors (Lipinski definition) is 0. The summed E-state index contributed by atoms with van der Waals surface area (Å²) in [6, 6.07) is 11.4. The maximum absolute atomic E-state index is 12.6. The van der Waals surface area contributed by atoms with E-state index < -0.39 is 0 Å². The topological polar surface area (TPSA) is 39.7 Å². The Balaban J connectivity index is 1.38. The predicted molar refractivity (Wildman–Crippen MR) is 105 cm³/mol. The molecule has 0 spiro atoms. The smallest absolute Gasteiger partial charge is 0.236 e. The Labute approximate surface area is 155 Å². The molecule has 3 heterocycles. The number of amides is 1. The summed E-state index contributed by atoms with van der Waals surface area (Å²) in [5, 5.41) is 1.17. The van der Waals surface area contributed by atoms with Gasteiger partial charge in [-0.25, -0.2) is 0 Å². The zero-order chi connectivity index (χ0) is 18.1. The standard InChI is InChI=1S/C21H28N4O/c1-16-5-4-11-25(16)21(26)15-24-12-9-19(14-24)23(2)18-8-7-17-6-3-10-22-20(17)13-18/h3,6-8,10,13,16,19H,4-5,9,11-12,14-15H2,1-2H3/t16-,19+/m1/s1. The first-order valence-corrected chi connectivity index (χ1v) is 9.71. The Morgan fingerprint density at radius 2 is 2.15 bits per heavy atom. The van der Waals surface area contributed by atoms with Crippen molar-refractivity contribution in [3.63, 3.8) is 0 Å². The molecule has 2 aromatic rings. The van der Waals surface area contributed by atoms with Gasteiger partial charge in [-0.15, -0.1) is 0 Å². The maximum atomic E-state index is 12.6. The van der Waals surface area contributed by atoms with Gasteiger partial charge in [-0.1, -0.05) is 12.1 Å². The SMILES string of the molecule is C[C@@H]1CCCN1C(=O)CN1CC[C@H](N(C)c2ccc3cccnc3c2)C1. The molecule has 1 aromatic carbocycles. The van der Waals surface area contributed by atoms with Gasteiger partial charge in [0.25, 0.3) is 0 Å². The van der Waals surface area contributed by atoms with Gasteiger partial charge in [-0.05, 0) is 44.4 Å². The van der Waals surface area contributed by atoms with Crippen molar-refractivity contribution < 1.29 is 4.79 Å². The van der Waals surface area contributed by atoms with Crippen LogP contribution in [0.2, 0.25) is 0 Å². The number of pyridine rings is 1. The summed E-state index contributed by atoms with van der Waals surface area (Å²) in [6.07, 6.45) is 5.23. The first-order chi connectivity index (χ1) is 12.6. The second-order valence-electron chi connectivity index (χ2n) is 7.75. The van der Waals surface area contributed by atoms with Crippen LogP contribution >= 0.6 is 0 Å². The summed E-state index contributed by atoms with van der Waals surface area (Å²) in [5.74, 6) is 0.299. The maximum Gasteiger partial charge on any atom is 0.236 e. The third-order valence-electron chi connectivity index (χ3n) is 6.02. The number of anilines is 1. The summed E-state index contributed by atoms with van der Waals surface area (Å²) < 4.78 is 0. The van der Waals surface area contributed by atoms with Crippen LogP contribution in [0.15, 0.2) is 36.5 Å². The van der Waals surface area contributed by atoms with Crippen LogP contribution in [-0.4, -0.2) is 66.0 Å². The van der Waals surface area contributed by atoms with E-state index in [1.54, 1.807) is 0 Å². The van der Waals surface area contributed by atoms with E-state index in [1.807, 2.05) is 12.3 Å². The number of fused-ring (bicyclic) bond motifs is 1. The molecule has 2 aliphatic heterocycles. The molecule has 5 heteroatoms. The van der Waals surface area contributed by atoms with E-state index in [4.69, 9.17) is 0 Å². The zero-order valence-electron chi connectivity index (χ0n) is 15.8. The molecule has 0 unspecified atom stereocenters. The molecule has 2 atom stereocenters. The van der Waals surface area contributed by atoms with Crippen LogP contribution in [0.3, 0.4) is 0 Å². The number of hydrogen-bond acceptors (Lipinski definition) is 4. The normalized spacial score (nSPS) is 23.7. The minimum atomic E-state index is 0.299. The average Bonchev–Trinajstić information content (AvgIpc) is 3.29. The van der Waals surface area contributed by atoms with E-state index in [1.165, 1.54) is 11.1 Å². The monoisotopic (exact) mass is 352 g/mol. The zero-order valence-corrected chi connectivity index (χ0v) is 15.8. The van der Waals surface area contributed by atoms with Gasteiger partial charge in [0, 0.05) is 56.0 Å². The molecule has 2 saturated heterocycles. The number of aromatic nitrogens is 1. The quantitative estimate of drug-likeness (QED) is 0.848. The van der Waals surface area contributed by atoms with Crippen LogP contribution in [0.25, 0.3) is 10.9 Å². The lowest BCUT2D eigenvalue weighted by Crippen LogP contribution is -2.42. The Morgan fingerprint density at radius 3 is 2.96 bits per heavy atom. The molecule has 1 amide bonds. The van der Waals surface area contributed by atoms with Crippen molar-refractivity contribution >= 4 is 22.5 Å². The van der Waals surface area contributed by atoms with Crippen molar-refractivity contribution in [3.8, 4) is 0 Å². The van der Waals surface area contributed by atoms with E-state index in [9.17, 15) is 4.79 Å². The van der Waals surface area contributed by atoms with Gasteiger partial charge in [0.1, 0.15) is 0 Å². The average molecular weight is 352 g/mol. The fourth-order valence-electron chi connectivity index (χ4n) is 4.34. The Morgan fingerprint density at radius 1 is 1.27 bits per heavy atom. The number of likely N-dealkylation sites (N-methyl/N-ethyl adjacent to an activating group) is 1. The molecule has 2 fully saturated rings. The Kier molecular flexibility index (Phi) is 4.81. The second kappa shape index (κ2) is 7.23. The molecule has 0 N–H and O–H groups in total. The number of likely N-dealkylation sites (tertiary alicyclic amines) is 2. The van der Waals surface area contributed by atoms with Gasteiger partial charge in [-0.3, -0.25) is 14.7 Å². The number of rotatable bonds is 4. The second-order valence-corrected chi connectivity index (χ2v) is 7.75. The highest BCUT2D eigenvalue weighted by Gasteiger charge is 2.31. The minimum absolute atomic E-state index is 0.299. The molecule has 0 saturated carbocycles. The molecular formula is C21H28N4O. The van der Waals surface area contributed by atoms with Crippen molar-refractivity contribution in [2.24, 2.45) is 0 Å². The van der Waals surface area contributed by atoms with E-state index in [0.29, 0.717) is 24.5 Å². The minimum Gasteiger partial charge on any atom is -0.370 e. The molecule has 4 rings (SSSR count). The van der Waals surface area contributed by atoms with Gasteiger partial charge < -0.3 is 9.80 Å². The van der Waals surface area contributed by atoms with Crippen molar-refractivity contribution in [1.82, 2.24) is 14.8 Å². The fourth-order valence-corrected chi connectivity index (χ4v) is 4.34. The van der Waals surface area contributed by atoms with Crippen LogP contribution in [0, 0.1) is 0 Å². The first kappa shape index (κ1) is 17.3. The third kappa shape index (κ3) is 3.40. The predicted octanol–water partition coefficient (Wildman–Crippen LogP) is 2.76. The number of nitrogens with zero attached hydrogens (tertiary/aromatic N) is 4. The van der Waals surface area contributed by atoms with Crippen molar-refractivity contribution in [1.29, 1.82) is 0 Å². The Hall–Kier alpha value is -2.14. The molecule has 0 bridgehead atoms. The summed E-state index contributed by atoms with van der Waals surface area (Å²) in [4.78, 5) is 23.8. The Bertz CT molecular complexity index is 792. The number of benzene rings is 1. The molecule has 5 nitrogen and oxygen atoms in total. The van der Waals surface area contributed by atoms with Crippen LogP contribution in [0.1, 0.15) is 26.2 Å². The molecule has 2 aliphatic rings. The summed E-state index contributed by atoms with van der Waals surface area (Å²) in [7, 11) is 2.16. The van der Waals surface area contributed by atoms with E-state index in [2.05, 4.69) is 57.9 Å². The van der Waals surface area contributed by atoms with Crippen LogP contribution in [0.4, 0.5) is 5.69 Å². The molecular weight excluding hydrogens is 324 g/mol. The lowest BCUT2D eigenvalue weighted by Gasteiger charge is -2.28. The number of carbonyl (C=O) groups excluding carboxylic acids is 1. The van der Waals surface area contributed by atoms with Gasteiger partial charge in [-0.2, -0.15) is 0 Å². The van der Waals surface area contributed by atoms with Gasteiger partial charge in [0.15, 0.2) is 0 Å². The summed E-state index contributed by atoms with van der Waals surface area (Å²) in [5.41, 5.74) is 2.23. The molecule has 0 radical (unpaired) electrons. The van der Waals surface area contributed by atoms with Crippen molar-refractivity contribution in [2.45, 2.75) is 38.3 Å². The molecule has 1 aromatic heterocycles. The van der Waals surface area contributed by atoms with Crippen molar-refractivity contribution in [2.75, 3.05) is 38.1 Å². The van der Waals surface area contributed by atoms with E-state index >= 15 is 0 Å². The molecule has 26 heavy (non-hydrogen) atoms. The van der Waals surface area contributed by atoms with Gasteiger partial charge in [0.05, 0.1) is 12.1 Å². The lowest BCUT2D eigenvalue weighted by atomic mass is 10.1. The van der Waals surface area contributed by atoms with Crippen LogP contribution in [0.5, 0.6) is 0 Å². The first-order valence-electron chi connectivity index (χ1n) is 9.71. The summed E-state index contributed by atoms with van der Waals surface area (Å²) in [6.45, 7) is 5.61. The van der Waals surface area contributed by atoms with E-state index in [-0.39, 0.29) is 0 Å². The van der Waals surface area contributed by atoms with Crippen LogP contribution in [-0.2, 0) is 4.79 Å². The largest absolute Gasteiger partial charge is 0.370 e. The highest BCUT2D eigenvalue weighted by atomic mass is 16.2. The molecule has 0 aliphatic carbocycles. The van der Waals surface area contributed by atoms with Gasteiger partial charge in [0.2, 0.25) is 5.91 Å². The van der Waals surface area contributed by atoms with E-state index in [0.717, 1.165) is 44.4 Å². The third-order valence-corrected chi connectivity index (χ3v) is 6.02. The summed E-state index contributed by atoms with van der Waals surface area (Å²) >= 11 is 0. The highest BCUT2D eigenvalue weighted by molar-refractivity contribution is 5.82. The van der Waals surface area contributed by atoms with Crippen LogP contribution < -0.4 is 4.90 Å². The number of carbonyl (C=O) groups is 1.